The number of hydrogen-bond acceptors (Lipinski definition) is 3. The number of nitriles is 1. The summed E-state index contributed by atoms with van der Waals surface area (Å²) in [6.45, 7) is 2.96. The summed E-state index contributed by atoms with van der Waals surface area (Å²) in [7, 11) is 0. The lowest BCUT2D eigenvalue weighted by Crippen LogP contribution is -2.09. The monoisotopic (exact) mass is 207 g/mol. The van der Waals surface area contributed by atoms with E-state index < -0.39 is 0 Å². The van der Waals surface area contributed by atoms with Crippen molar-refractivity contribution in [3.05, 3.63) is 29.1 Å². The minimum atomic E-state index is -0.357. The first-order chi connectivity index (χ1) is 7.19. The van der Waals surface area contributed by atoms with Gasteiger partial charge in [-0.1, -0.05) is 0 Å². The van der Waals surface area contributed by atoms with Crippen molar-refractivity contribution in [1.29, 1.82) is 5.26 Å². The molecular weight excluding hydrogens is 193 g/mol. The third-order valence-corrected chi connectivity index (χ3v) is 2.17. The highest BCUT2D eigenvalue weighted by molar-refractivity contribution is 5.55. The van der Waals surface area contributed by atoms with Gasteiger partial charge < -0.3 is 11.1 Å². The fourth-order valence-corrected chi connectivity index (χ4v) is 1.25. The highest BCUT2D eigenvalue weighted by Crippen LogP contribution is 2.20. The molecule has 0 fully saturated rings. The Kier molecular flexibility index (Phi) is 4.07. The highest BCUT2D eigenvalue weighted by Gasteiger charge is 2.06. The van der Waals surface area contributed by atoms with Crippen LogP contribution in [0.1, 0.15) is 17.5 Å². The Labute approximate surface area is 88.7 Å². The van der Waals surface area contributed by atoms with Crippen LogP contribution in [0.15, 0.2) is 12.1 Å². The first kappa shape index (κ1) is 11.5. The molecule has 0 aliphatic carbocycles. The van der Waals surface area contributed by atoms with Gasteiger partial charge in [-0.25, -0.2) is 4.39 Å². The third-order valence-electron chi connectivity index (χ3n) is 2.17. The van der Waals surface area contributed by atoms with Gasteiger partial charge in [0.15, 0.2) is 0 Å². The zero-order valence-corrected chi connectivity index (χ0v) is 8.68. The molecule has 3 nitrogen and oxygen atoms in total. The molecule has 4 heteroatoms. The van der Waals surface area contributed by atoms with Crippen molar-refractivity contribution in [3.63, 3.8) is 0 Å². The zero-order valence-electron chi connectivity index (χ0n) is 8.68. The second kappa shape index (κ2) is 5.32. The van der Waals surface area contributed by atoms with Crippen LogP contribution in [0.5, 0.6) is 0 Å². The van der Waals surface area contributed by atoms with Gasteiger partial charge in [0.25, 0.3) is 0 Å². The quantitative estimate of drug-likeness (QED) is 0.739. The smallest absolute Gasteiger partial charge is 0.129 e. The molecule has 0 radical (unpaired) electrons. The van der Waals surface area contributed by atoms with Crippen LogP contribution < -0.4 is 11.1 Å². The maximum Gasteiger partial charge on any atom is 0.129 e. The van der Waals surface area contributed by atoms with Gasteiger partial charge in [0.2, 0.25) is 0 Å². The molecule has 0 saturated heterocycles. The van der Waals surface area contributed by atoms with Crippen LogP contribution in [-0.2, 0) is 0 Å². The predicted octanol–water partition coefficient (Wildman–Crippen LogP) is 1.77. The van der Waals surface area contributed by atoms with Crippen LogP contribution >= 0.6 is 0 Å². The summed E-state index contributed by atoms with van der Waals surface area (Å²) in [6.07, 6.45) is 0.817. The minimum absolute atomic E-state index is 0.327. The fraction of sp³-hybridized carbons (Fsp3) is 0.364. The summed E-state index contributed by atoms with van der Waals surface area (Å²) in [6, 6.07) is 4.81. The van der Waals surface area contributed by atoms with E-state index in [0.29, 0.717) is 29.9 Å². The number of hydrogen-bond donors (Lipinski definition) is 2. The van der Waals surface area contributed by atoms with E-state index in [0.717, 1.165) is 6.42 Å². The average Bonchev–Trinajstić information content (AvgIpc) is 2.24. The third kappa shape index (κ3) is 2.93. The van der Waals surface area contributed by atoms with Crippen LogP contribution in [0.25, 0.3) is 0 Å². The fourth-order valence-electron chi connectivity index (χ4n) is 1.25. The van der Waals surface area contributed by atoms with Crippen LogP contribution in [0.2, 0.25) is 0 Å². The average molecular weight is 207 g/mol. The van der Waals surface area contributed by atoms with E-state index >= 15 is 0 Å². The van der Waals surface area contributed by atoms with Crippen LogP contribution in [0.3, 0.4) is 0 Å². The Morgan fingerprint density at radius 2 is 2.27 bits per heavy atom. The Bertz CT molecular complexity index is 382. The molecule has 0 amide bonds. The van der Waals surface area contributed by atoms with Gasteiger partial charge in [-0.05, 0) is 32.0 Å². The first-order valence-corrected chi connectivity index (χ1v) is 4.83. The van der Waals surface area contributed by atoms with Gasteiger partial charge in [0, 0.05) is 17.8 Å². The van der Waals surface area contributed by atoms with Crippen LogP contribution in [0, 0.1) is 24.1 Å². The minimum Gasteiger partial charge on any atom is -0.385 e. The van der Waals surface area contributed by atoms with Crippen LogP contribution in [0.4, 0.5) is 10.1 Å². The van der Waals surface area contributed by atoms with Gasteiger partial charge in [0.05, 0.1) is 11.6 Å². The summed E-state index contributed by atoms with van der Waals surface area (Å²) in [5, 5.41) is 11.7. The molecule has 0 unspecified atom stereocenters. The van der Waals surface area contributed by atoms with Crippen molar-refractivity contribution in [2.24, 2.45) is 5.73 Å². The van der Waals surface area contributed by atoms with Crippen molar-refractivity contribution in [3.8, 4) is 6.07 Å². The highest BCUT2D eigenvalue weighted by atomic mass is 19.1. The lowest BCUT2D eigenvalue weighted by Gasteiger charge is -2.09. The molecule has 15 heavy (non-hydrogen) atoms. The molecule has 3 N–H and O–H groups in total. The van der Waals surface area contributed by atoms with E-state index in [4.69, 9.17) is 11.0 Å². The molecule has 0 saturated carbocycles. The molecule has 0 bridgehead atoms. The van der Waals surface area contributed by atoms with Crippen molar-refractivity contribution in [2.75, 3.05) is 18.4 Å². The molecule has 0 spiro atoms. The zero-order chi connectivity index (χ0) is 11.3. The molecule has 0 aromatic heterocycles. The normalized spacial score (nSPS) is 9.73. The summed E-state index contributed by atoms with van der Waals surface area (Å²) >= 11 is 0. The molecule has 0 aliphatic rings. The molecular formula is C11H14FN3. The lowest BCUT2D eigenvalue weighted by atomic mass is 10.1. The van der Waals surface area contributed by atoms with Crippen molar-refractivity contribution >= 4 is 5.69 Å². The maximum absolute atomic E-state index is 13.3. The second-order valence-electron chi connectivity index (χ2n) is 3.31. The van der Waals surface area contributed by atoms with Crippen molar-refractivity contribution in [2.45, 2.75) is 13.3 Å². The summed E-state index contributed by atoms with van der Waals surface area (Å²) < 4.78 is 13.3. The number of anilines is 1. The Morgan fingerprint density at radius 3 is 2.87 bits per heavy atom. The van der Waals surface area contributed by atoms with E-state index in [1.807, 2.05) is 6.07 Å². The van der Waals surface area contributed by atoms with Gasteiger partial charge >= 0.3 is 0 Å². The van der Waals surface area contributed by atoms with Gasteiger partial charge in [0.1, 0.15) is 5.82 Å². The Hall–Kier alpha value is -1.60. The largest absolute Gasteiger partial charge is 0.385 e. The number of nitrogens with two attached hydrogens (primary N) is 1. The van der Waals surface area contributed by atoms with E-state index in [1.165, 1.54) is 6.07 Å². The summed E-state index contributed by atoms with van der Waals surface area (Å²) in [5.41, 5.74) is 6.88. The standard InChI is InChI=1S/C11H14FN3/c1-8-10(12)5-9(7-14)6-11(8)15-4-2-3-13/h5-6,15H,2-4,13H2,1H3. The topological polar surface area (TPSA) is 61.8 Å². The SMILES string of the molecule is Cc1c(F)cc(C#N)cc1NCCCN. The van der Waals surface area contributed by atoms with Gasteiger partial charge in [-0.15, -0.1) is 0 Å². The van der Waals surface area contributed by atoms with Gasteiger partial charge in [-0.3, -0.25) is 0 Å². The van der Waals surface area contributed by atoms with Gasteiger partial charge in [-0.2, -0.15) is 5.26 Å². The number of halogens is 1. The molecule has 80 valence electrons. The number of nitrogens with one attached hydrogen (secondary N) is 1. The van der Waals surface area contributed by atoms with E-state index in [2.05, 4.69) is 5.32 Å². The molecule has 1 aromatic carbocycles. The van der Waals surface area contributed by atoms with Crippen molar-refractivity contribution < 1.29 is 4.39 Å². The number of benzene rings is 1. The first-order valence-electron chi connectivity index (χ1n) is 4.83. The van der Waals surface area contributed by atoms with E-state index in [-0.39, 0.29) is 5.82 Å². The van der Waals surface area contributed by atoms with E-state index in [9.17, 15) is 4.39 Å². The summed E-state index contributed by atoms with van der Waals surface area (Å²) in [4.78, 5) is 0. The molecule has 0 heterocycles. The Balaban J connectivity index is 2.86. The second-order valence-corrected chi connectivity index (χ2v) is 3.31. The lowest BCUT2D eigenvalue weighted by molar-refractivity contribution is 0.618. The van der Waals surface area contributed by atoms with Crippen molar-refractivity contribution in [1.82, 2.24) is 0 Å². The molecule has 1 aromatic rings. The predicted molar refractivity (Wildman–Crippen MR) is 58.0 cm³/mol. The summed E-state index contributed by atoms with van der Waals surface area (Å²) in [5.74, 6) is -0.357. The number of rotatable bonds is 4. The Morgan fingerprint density at radius 1 is 1.53 bits per heavy atom. The molecule has 1 rings (SSSR count). The molecule has 0 aliphatic heterocycles. The number of nitrogens with zero attached hydrogens (tertiary/aromatic N) is 1. The maximum atomic E-state index is 13.3. The van der Waals surface area contributed by atoms with E-state index in [1.54, 1.807) is 13.0 Å². The van der Waals surface area contributed by atoms with Crippen LogP contribution in [-0.4, -0.2) is 13.1 Å². The molecule has 0 atom stereocenters.